The molecule has 1 unspecified atom stereocenters. The second kappa shape index (κ2) is 5.80. The van der Waals surface area contributed by atoms with Crippen LogP contribution in [0.1, 0.15) is 26.3 Å². The average Bonchev–Trinajstić information content (AvgIpc) is 2.12. The fraction of sp³-hybridized carbons (Fsp3) is 0.500. The molecule has 0 bridgehead atoms. The van der Waals surface area contributed by atoms with Crippen molar-refractivity contribution in [3.63, 3.8) is 0 Å². The van der Waals surface area contributed by atoms with Crippen molar-refractivity contribution < 1.29 is 0 Å². The number of nitrogen functional groups attached to an aromatic ring is 1. The predicted octanol–water partition coefficient (Wildman–Crippen LogP) is 4.31. The maximum absolute atomic E-state index is 5.79. The van der Waals surface area contributed by atoms with Crippen molar-refractivity contribution in [3.8, 4) is 0 Å². The standard InChI is InChI=1S/C12H18BrNS/c1-8(2)9(3)15-7-10-4-11(13)6-12(14)5-10/h4-6,8-9H,7,14H2,1-3H3. The van der Waals surface area contributed by atoms with Crippen LogP contribution in [0.15, 0.2) is 22.7 Å². The smallest absolute Gasteiger partial charge is 0.0328 e. The van der Waals surface area contributed by atoms with Crippen molar-refractivity contribution in [1.29, 1.82) is 0 Å². The molecule has 1 aromatic rings. The Morgan fingerprint density at radius 1 is 1.27 bits per heavy atom. The van der Waals surface area contributed by atoms with Gasteiger partial charge in [0.05, 0.1) is 0 Å². The van der Waals surface area contributed by atoms with Crippen molar-refractivity contribution in [2.75, 3.05) is 5.73 Å². The lowest BCUT2D eigenvalue weighted by molar-refractivity contribution is 0.642. The molecule has 1 atom stereocenters. The number of nitrogens with two attached hydrogens (primary N) is 1. The molecule has 0 aliphatic heterocycles. The van der Waals surface area contributed by atoms with E-state index >= 15 is 0 Å². The summed E-state index contributed by atoms with van der Waals surface area (Å²) in [5.74, 6) is 1.75. The van der Waals surface area contributed by atoms with Gasteiger partial charge in [-0.2, -0.15) is 11.8 Å². The number of anilines is 1. The summed E-state index contributed by atoms with van der Waals surface area (Å²) >= 11 is 5.44. The number of thioether (sulfide) groups is 1. The van der Waals surface area contributed by atoms with Gasteiger partial charge >= 0.3 is 0 Å². The average molecular weight is 288 g/mol. The summed E-state index contributed by atoms with van der Waals surface area (Å²) in [5.41, 5.74) is 7.91. The summed E-state index contributed by atoms with van der Waals surface area (Å²) in [6, 6.07) is 6.11. The van der Waals surface area contributed by atoms with Crippen molar-refractivity contribution in [2.45, 2.75) is 31.8 Å². The highest BCUT2D eigenvalue weighted by Gasteiger charge is 2.07. The monoisotopic (exact) mass is 287 g/mol. The van der Waals surface area contributed by atoms with E-state index in [4.69, 9.17) is 5.73 Å². The van der Waals surface area contributed by atoms with Crippen LogP contribution in [0.25, 0.3) is 0 Å². The predicted molar refractivity (Wildman–Crippen MR) is 74.1 cm³/mol. The molecule has 0 aliphatic carbocycles. The van der Waals surface area contributed by atoms with E-state index in [-0.39, 0.29) is 0 Å². The Morgan fingerprint density at radius 2 is 1.93 bits per heavy atom. The molecule has 0 aliphatic rings. The maximum Gasteiger partial charge on any atom is 0.0328 e. The molecule has 1 nitrogen and oxygen atoms in total. The molecule has 15 heavy (non-hydrogen) atoms. The first-order chi connectivity index (χ1) is 6.99. The highest BCUT2D eigenvalue weighted by atomic mass is 79.9. The van der Waals surface area contributed by atoms with Gasteiger partial charge < -0.3 is 5.73 Å². The van der Waals surface area contributed by atoms with E-state index in [1.54, 1.807) is 0 Å². The summed E-state index contributed by atoms with van der Waals surface area (Å²) in [6.07, 6.45) is 0. The summed E-state index contributed by atoms with van der Waals surface area (Å²) in [4.78, 5) is 0. The lowest BCUT2D eigenvalue weighted by Gasteiger charge is -2.15. The third kappa shape index (κ3) is 4.47. The molecule has 1 aromatic carbocycles. The van der Waals surface area contributed by atoms with Crippen molar-refractivity contribution in [2.24, 2.45) is 5.92 Å². The van der Waals surface area contributed by atoms with Gasteiger partial charge in [-0.1, -0.05) is 36.7 Å². The number of benzene rings is 1. The van der Waals surface area contributed by atoms with Gasteiger partial charge in [0, 0.05) is 21.2 Å². The zero-order valence-electron chi connectivity index (χ0n) is 9.46. The van der Waals surface area contributed by atoms with E-state index in [1.807, 2.05) is 23.9 Å². The van der Waals surface area contributed by atoms with Crippen LogP contribution >= 0.6 is 27.7 Å². The molecule has 0 saturated carbocycles. The first kappa shape index (κ1) is 12.9. The Hall–Kier alpha value is -0.150. The summed E-state index contributed by atoms with van der Waals surface area (Å²) in [5, 5.41) is 0.685. The van der Waals surface area contributed by atoms with E-state index in [1.165, 1.54) is 5.56 Å². The van der Waals surface area contributed by atoms with Gasteiger partial charge in [0.25, 0.3) is 0 Å². The molecule has 3 heteroatoms. The summed E-state index contributed by atoms with van der Waals surface area (Å²) in [7, 11) is 0. The van der Waals surface area contributed by atoms with Gasteiger partial charge in [0.1, 0.15) is 0 Å². The summed E-state index contributed by atoms with van der Waals surface area (Å²) < 4.78 is 1.07. The van der Waals surface area contributed by atoms with Gasteiger partial charge in [-0.15, -0.1) is 0 Å². The Morgan fingerprint density at radius 3 is 2.47 bits per heavy atom. The van der Waals surface area contributed by atoms with Crippen LogP contribution in [0.4, 0.5) is 5.69 Å². The lowest BCUT2D eigenvalue weighted by Crippen LogP contribution is -2.05. The van der Waals surface area contributed by atoms with E-state index in [0.29, 0.717) is 5.25 Å². The molecular formula is C12H18BrNS. The number of hydrogen-bond acceptors (Lipinski definition) is 2. The van der Waals surface area contributed by atoms with Crippen molar-refractivity contribution >= 4 is 33.4 Å². The minimum Gasteiger partial charge on any atom is -0.399 e. The van der Waals surface area contributed by atoms with Gasteiger partial charge in [-0.3, -0.25) is 0 Å². The molecule has 0 heterocycles. The van der Waals surface area contributed by atoms with Crippen LogP contribution < -0.4 is 5.73 Å². The maximum atomic E-state index is 5.79. The first-order valence-corrected chi connectivity index (χ1v) is 6.99. The van der Waals surface area contributed by atoms with Crippen LogP contribution in [0.2, 0.25) is 0 Å². The molecule has 2 N–H and O–H groups in total. The Kier molecular flexibility index (Phi) is 5.00. The highest BCUT2D eigenvalue weighted by molar-refractivity contribution is 9.10. The fourth-order valence-electron chi connectivity index (χ4n) is 1.18. The topological polar surface area (TPSA) is 26.0 Å². The molecule has 0 spiro atoms. The van der Waals surface area contributed by atoms with E-state index < -0.39 is 0 Å². The van der Waals surface area contributed by atoms with Gasteiger partial charge in [-0.25, -0.2) is 0 Å². The molecule has 0 saturated heterocycles. The van der Waals surface area contributed by atoms with Crippen LogP contribution in [-0.4, -0.2) is 5.25 Å². The quantitative estimate of drug-likeness (QED) is 0.835. The SMILES string of the molecule is CC(C)C(C)SCc1cc(N)cc(Br)c1. The largest absolute Gasteiger partial charge is 0.399 e. The highest BCUT2D eigenvalue weighted by Crippen LogP contribution is 2.26. The minimum absolute atomic E-state index is 0.685. The van der Waals surface area contributed by atoms with Gasteiger partial charge in [0.2, 0.25) is 0 Å². The first-order valence-electron chi connectivity index (χ1n) is 5.15. The van der Waals surface area contributed by atoms with Crippen molar-refractivity contribution in [3.05, 3.63) is 28.2 Å². The second-order valence-electron chi connectivity index (χ2n) is 4.15. The molecule has 0 fully saturated rings. The fourth-order valence-corrected chi connectivity index (χ4v) is 2.74. The van der Waals surface area contributed by atoms with E-state index in [2.05, 4.69) is 42.8 Å². The minimum atomic E-state index is 0.685. The molecule has 0 amide bonds. The van der Waals surface area contributed by atoms with E-state index in [0.717, 1.165) is 21.8 Å². The number of hydrogen-bond donors (Lipinski definition) is 1. The third-order valence-electron chi connectivity index (χ3n) is 2.43. The van der Waals surface area contributed by atoms with Crippen LogP contribution in [-0.2, 0) is 5.75 Å². The van der Waals surface area contributed by atoms with Crippen LogP contribution in [0.3, 0.4) is 0 Å². The van der Waals surface area contributed by atoms with Gasteiger partial charge in [0.15, 0.2) is 0 Å². The second-order valence-corrected chi connectivity index (χ2v) is 6.43. The Bertz CT molecular complexity index is 305. The third-order valence-corrected chi connectivity index (χ3v) is 4.46. The molecule has 0 radical (unpaired) electrons. The number of rotatable bonds is 4. The zero-order chi connectivity index (χ0) is 11.4. The molecule has 1 rings (SSSR count). The van der Waals surface area contributed by atoms with Gasteiger partial charge in [-0.05, 0) is 29.7 Å². The normalized spacial score (nSPS) is 13.1. The van der Waals surface area contributed by atoms with Crippen molar-refractivity contribution in [1.82, 2.24) is 0 Å². The van der Waals surface area contributed by atoms with E-state index in [9.17, 15) is 0 Å². The zero-order valence-corrected chi connectivity index (χ0v) is 11.9. The molecule has 0 aromatic heterocycles. The lowest BCUT2D eigenvalue weighted by atomic mass is 10.2. The van der Waals surface area contributed by atoms with Crippen LogP contribution in [0, 0.1) is 5.92 Å². The Labute approximate surface area is 105 Å². The molecule has 84 valence electrons. The van der Waals surface area contributed by atoms with Crippen LogP contribution in [0.5, 0.6) is 0 Å². The Balaban J connectivity index is 2.57. The number of halogens is 1. The molecular weight excluding hydrogens is 270 g/mol. The summed E-state index contributed by atoms with van der Waals surface area (Å²) in [6.45, 7) is 6.79.